The number of carbonyl (C=O) groups is 1. The summed E-state index contributed by atoms with van der Waals surface area (Å²) < 4.78 is 15.5. The second-order valence-electron chi connectivity index (χ2n) is 5.30. The van der Waals surface area contributed by atoms with Gasteiger partial charge in [0.25, 0.3) is 5.91 Å². The van der Waals surface area contributed by atoms with Crippen LogP contribution >= 0.6 is 0 Å². The third kappa shape index (κ3) is 3.80. The van der Waals surface area contributed by atoms with Crippen molar-refractivity contribution in [2.75, 3.05) is 14.2 Å². The Balaban J connectivity index is 1.68. The highest BCUT2D eigenvalue weighted by atomic mass is 16.5. The number of rotatable bonds is 6. The molecule has 0 aliphatic rings. The number of ether oxygens (including phenoxy) is 2. The van der Waals surface area contributed by atoms with Gasteiger partial charge in [0.05, 0.1) is 14.2 Å². The molecular formula is C19H18N2O4. The minimum atomic E-state index is -0.335. The van der Waals surface area contributed by atoms with Gasteiger partial charge >= 0.3 is 0 Å². The van der Waals surface area contributed by atoms with E-state index in [1.54, 1.807) is 20.3 Å². The lowest BCUT2D eigenvalue weighted by atomic mass is 10.1. The van der Waals surface area contributed by atoms with Gasteiger partial charge in [-0.1, -0.05) is 23.4 Å². The smallest absolute Gasteiger partial charge is 0.290 e. The highest BCUT2D eigenvalue weighted by Gasteiger charge is 2.14. The Kier molecular flexibility index (Phi) is 4.99. The van der Waals surface area contributed by atoms with Gasteiger partial charge in [-0.05, 0) is 30.3 Å². The highest BCUT2D eigenvalue weighted by Crippen LogP contribution is 2.22. The van der Waals surface area contributed by atoms with Crippen molar-refractivity contribution in [1.82, 2.24) is 10.5 Å². The lowest BCUT2D eigenvalue weighted by Crippen LogP contribution is -2.22. The van der Waals surface area contributed by atoms with Crippen LogP contribution in [-0.4, -0.2) is 25.3 Å². The summed E-state index contributed by atoms with van der Waals surface area (Å²) in [4.78, 5) is 12.3. The van der Waals surface area contributed by atoms with Crippen molar-refractivity contribution in [1.29, 1.82) is 0 Å². The molecule has 128 valence electrons. The van der Waals surface area contributed by atoms with Crippen LogP contribution in [0, 0.1) is 0 Å². The molecule has 3 aromatic rings. The van der Waals surface area contributed by atoms with Crippen molar-refractivity contribution in [3.05, 3.63) is 65.9 Å². The molecule has 0 aliphatic carbocycles. The lowest BCUT2D eigenvalue weighted by molar-refractivity contribution is 0.0914. The molecule has 1 amide bonds. The zero-order valence-electron chi connectivity index (χ0n) is 14.0. The summed E-state index contributed by atoms with van der Waals surface area (Å²) in [5, 5.41) is 6.75. The standard InChI is InChI=1S/C19H18N2O4/c1-23-15-9-7-13(8-10-15)16-11-18(25-21-16)19(22)20-12-14-5-3-4-6-17(14)24-2/h3-11H,12H2,1-2H3,(H,20,22). The van der Waals surface area contributed by atoms with Crippen molar-refractivity contribution < 1.29 is 18.8 Å². The van der Waals surface area contributed by atoms with Gasteiger partial charge in [0.2, 0.25) is 5.76 Å². The van der Waals surface area contributed by atoms with E-state index in [-0.39, 0.29) is 11.7 Å². The maximum absolute atomic E-state index is 12.3. The van der Waals surface area contributed by atoms with Gasteiger partial charge in [0.1, 0.15) is 17.2 Å². The number of carbonyl (C=O) groups excluding carboxylic acids is 1. The summed E-state index contributed by atoms with van der Waals surface area (Å²) >= 11 is 0. The maximum Gasteiger partial charge on any atom is 0.290 e. The van der Waals surface area contributed by atoms with E-state index in [1.165, 1.54) is 0 Å². The number of amides is 1. The first-order valence-electron chi connectivity index (χ1n) is 7.72. The molecule has 1 heterocycles. The molecule has 0 saturated heterocycles. The van der Waals surface area contributed by atoms with Gasteiger partial charge in [-0.15, -0.1) is 0 Å². The summed E-state index contributed by atoms with van der Waals surface area (Å²) in [5.74, 6) is 1.29. The van der Waals surface area contributed by atoms with Crippen molar-refractivity contribution in [2.24, 2.45) is 0 Å². The highest BCUT2D eigenvalue weighted by molar-refractivity contribution is 5.92. The van der Waals surface area contributed by atoms with Crippen LogP contribution in [-0.2, 0) is 6.54 Å². The Morgan fingerprint density at radius 2 is 1.84 bits per heavy atom. The van der Waals surface area contributed by atoms with Crippen LogP contribution < -0.4 is 14.8 Å². The zero-order valence-corrected chi connectivity index (χ0v) is 14.0. The Morgan fingerprint density at radius 3 is 2.56 bits per heavy atom. The fourth-order valence-electron chi connectivity index (χ4n) is 2.39. The van der Waals surface area contributed by atoms with Crippen molar-refractivity contribution in [2.45, 2.75) is 6.54 Å². The molecular weight excluding hydrogens is 320 g/mol. The second kappa shape index (κ2) is 7.53. The zero-order chi connectivity index (χ0) is 17.6. The van der Waals surface area contributed by atoms with Crippen LogP contribution in [0.3, 0.4) is 0 Å². The van der Waals surface area contributed by atoms with Gasteiger partial charge < -0.3 is 19.3 Å². The molecule has 0 radical (unpaired) electrons. The van der Waals surface area contributed by atoms with Crippen LogP contribution in [0.25, 0.3) is 11.3 Å². The SMILES string of the molecule is COc1ccc(-c2cc(C(=O)NCc3ccccc3OC)on2)cc1. The van der Waals surface area contributed by atoms with E-state index in [0.717, 1.165) is 22.6 Å². The van der Waals surface area contributed by atoms with Gasteiger partial charge in [-0.25, -0.2) is 0 Å². The molecule has 2 aromatic carbocycles. The minimum absolute atomic E-state index is 0.153. The van der Waals surface area contributed by atoms with Gasteiger partial charge in [0.15, 0.2) is 0 Å². The first kappa shape index (κ1) is 16.6. The van der Waals surface area contributed by atoms with Crippen molar-refractivity contribution >= 4 is 5.91 Å². The van der Waals surface area contributed by atoms with E-state index < -0.39 is 0 Å². The van der Waals surface area contributed by atoms with Crippen molar-refractivity contribution in [3.8, 4) is 22.8 Å². The molecule has 3 rings (SSSR count). The number of hydrogen-bond acceptors (Lipinski definition) is 5. The summed E-state index contributed by atoms with van der Waals surface area (Å²) in [6.07, 6.45) is 0. The van der Waals surface area contributed by atoms with Crippen LogP contribution in [0.5, 0.6) is 11.5 Å². The molecule has 0 unspecified atom stereocenters. The Labute approximate surface area is 145 Å². The molecule has 6 nitrogen and oxygen atoms in total. The molecule has 0 bridgehead atoms. The molecule has 25 heavy (non-hydrogen) atoms. The van der Waals surface area contributed by atoms with E-state index in [1.807, 2.05) is 48.5 Å². The first-order valence-corrected chi connectivity index (χ1v) is 7.72. The average Bonchev–Trinajstić information content (AvgIpc) is 3.16. The Hall–Kier alpha value is -3.28. The van der Waals surface area contributed by atoms with Gasteiger partial charge in [-0.2, -0.15) is 0 Å². The van der Waals surface area contributed by atoms with Crippen LogP contribution in [0.15, 0.2) is 59.1 Å². The van der Waals surface area contributed by atoms with E-state index >= 15 is 0 Å². The number of nitrogens with zero attached hydrogens (tertiary/aromatic N) is 1. The topological polar surface area (TPSA) is 73.6 Å². The third-order valence-corrected chi connectivity index (χ3v) is 3.75. The molecule has 0 spiro atoms. The molecule has 0 aliphatic heterocycles. The van der Waals surface area contributed by atoms with Gasteiger partial charge in [0, 0.05) is 23.7 Å². The van der Waals surface area contributed by atoms with E-state index in [2.05, 4.69) is 10.5 Å². The molecule has 1 aromatic heterocycles. The van der Waals surface area contributed by atoms with E-state index in [9.17, 15) is 4.79 Å². The minimum Gasteiger partial charge on any atom is -0.497 e. The quantitative estimate of drug-likeness (QED) is 0.746. The number of para-hydroxylation sites is 1. The largest absolute Gasteiger partial charge is 0.497 e. The van der Waals surface area contributed by atoms with Crippen LogP contribution in [0.2, 0.25) is 0 Å². The first-order chi connectivity index (χ1) is 12.2. The number of nitrogens with one attached hydrogen (secondary N) is 1. The van der Waals surface area contributed by atoms with Crippen molar-refractivity contribution in [3.63, 3.8) is 0 Å². The van der Waals surface area contributed by atoms with Gasteiger partial charge in [-0.3, -0.25) is 4.79 Å². The number of benzene rings is 2. The Bertz CT molecular complexity index is 856. The number of methoxy groups -OCH3 is 2. The summed E-state index contributed by atoms with van der Waals surface area (Å²) in [6, 6.07) is 16.5. The average molecular weight is 338 g/mol. The predicted molar refractivity (Wildman–Crippen MR) is 92.7 cm³/mol. The van der Waals surface area contributed by atoms with Crippen LogP contribution in [0.4, 0.5) is 0 Å². The summed E-state index contributed by atoms with van der Waals surface area (Å²) in [7, 11) is 3.20. The van der Waals surface area contributed by atoms with E-state index in [0.29, 0.717) is 12.2 Å². The van der Waals surface area contributed by atoms with Crippen LogP contribution in [0.1, 0.15) is 16.1 Å². The normalized spacial score (nSPS) is 10.3. The fourth-order valence-corrected chi connectivity index (χ4v) is 2.39. The number of hydrogen-bond donors (Lipinski definition) is 1. The molecule has 0 fully saturated rings. The maximum atomic E-state index is 12.3. The van der Waals surface area contributed by atoms with E-state index in [4.69, 9.17) is 14.0 Å². The second-order valence-corrected chi connectivity index (χ2v) is 5.30. The monoisotopic (exact) mass is 338 g/mol. The Morgan fingerprint density at radius 1 is 1.08 bits per heavy atom. The predicted octanol–water partition coefficient (Wildman–Crippen LogP) is 3.29. The lowest BCUT2D eigenvalue weighted by Gasteiger charge is -2.08. The molecule has 1 N–H and O–H groups in total. The molecule has 0 saturated carbocycles. The molecule has 0 atom stereocenters. The fraction of sp³-hybridized carbons (Fsp3) is 0.158. The summed E-state index contributed by atoms with van der Waals surface area (Å²) in [5.41, 5.74) is 2.31. The molecule has 6 heteroatoms. The summed E-state index contributed by atoms with van der Waals surface area (Å²) in [6.45, 7) is 0.335. The third-order valence-electron chi connectivity index (χ3n) is 3.75. The number of aromatic nitrogens is 1.